The lowest BCUT2D eigenvalue weighted by Crippen LogP contribution is -2.42. The molecule has 5 aromatic rings. The Bertz CT molecular complexity index is 2040. The van der Waals surface area contributed by atoms with Crippen LogP contribution in [0.3, 0.4) is 0 Å². The van der Waals surface area contributed by atoms with Gasteiger partial charge in [0, 0.05) is 20.3 Å². The summed E-state index contributed by atoms with van der Waals surface area (Å²) in [4.78, 5) is 53.9. The maximum atomic E-state index is 13.9. The van der Waals surface area contributed by atoms with Gasteiger partial charge in [-0.3, -0.25) is 32.6 Å². The van der Waals surface area contributed by atoms with Gasteiger partial charge in [0.1, 0.15) is 5.56 Å². The molecule has 3 heterocycles. The van der Waals surface area contributed by atoms with Crippen LogP contribution in [0.5, 0.6) is 0 Å². The second-order valence-corrected chi connectivity index (χ2v) is 9.31. The van der Waals surface area contributed by atoms with Crippen molar-refractivity contribution in [2.45, 2.75) is 25.1 Å². The minimum Gasteiger partial charge on any atom is -0.296 e. The van der Waals surface area contributed by atoms with Crippen LogP contribution in [0.1, 0.15) is 29.2 Å². The highest BCUT2D eigenvalue weighted by Crippen LogP contribution is 2.41. The quantitative estimate of drug-likeness (QED) is 0.373. The number of H-pyrrole nitrogens is 1. The number of fused-ring (bicyclic) bond motifs is 2. The molecule has 1 atom stereocenters. The Balaban J connectivity index is 1.64. The highest BCUT2D eigenvalue weighted by atomic mass is 19.4. The van der Waals surface area contributed by atoms with Crippen LogP contribution < -0.4 is 22.7 Å². The normalized spacial score (nSPS) is 15.3. The fourth-order valence-electron chi connectivity index (χ4n) is 5.35. The minimum absolute atomic E-state index is 0.00463. The molecule has 0 fully saturated rings. The molecule has 1 aliphatic carbocycles. The predicted octanol–water partition coefficient (Wildman–Crippen LogP) is 2.09. The molecule has 0 unspecified atom stereocenters. The molecule has 0 radical (unpaired) electrons. The van der Waals surface area contributed by atoms with Crippen molar-refractivity contribution in [3.05, 3.63) is 101 Å². The summed E-state index contributed by atoms with van der Waals surface area (Å²) in [5.74, 6) is -1.18. The van der Waals surface area contributed by atoms with Gasteiger partial charge in [0.2, 0.25) is 0 Å². The maximum Gasteiger partial charge on any atom is 0.439 e. The number of nitrogens with zero attached hydrogens (tertiary/aromatic N) is 5. The summed E-state index contributed by atoms with van der Waals surface area (Å²) in [5, 5.41) is 3.58. The molecule has 11 nitrogen and oxygen atoms in total. The number of aromatic amines is 1. The number of hydrogen-bond acceptors (Lipinski definition) is 6. The van der Waals surface area contributed by atoms with E-state index in [1.54, 1.807) is 32.3 Å². The zero-order valence-corrected chi connectivity index (χ0v) is 20.4. The first-order chi connectivity index (χ1) is 18.5. The van der Waals surface area contributed by atoms with Crippen molar-refractivity contribution in [1.82, 2.24) is 28.4 Å². The molecule has 0 aliphatic heterocycles. The van der Waals surface area contributed by atoms with E-state index < -0.39 is 34.8 Å². The Labute approximate surface area is 215 Å². The van der Waals surface area contributed by atoms with E-state index in [0.717, 1.165) is 15.2 Å². The van der Waals surface area contributed by atoms with Gasteiger partial charge in [-0.25, -0.2) is 14.4 Å². The number of nitrogens with one attached hydrogen (secondary N) is 1. The van der Waals surface area contributed by atoms with E-state index in [2.05, 4.69) is 14.7 Å². The van der Waals surface area contributed by atoms with Crippen LogP contribution in [0.2, 0.25) is 0 Å². The monoisotopic (exact) mass is 540 g/mol. The average Bonchev–Trinajstić information content (AvgIpc) is 3.57. The number of rotatable bonds is 3. The van der Waals surface area contributed by atoms with Gasteiger partial charge in [-0.05, 0) is 48.2 Å². The molecule has 0 saturated heterocycles. The van der Waals surface area contributed by atoms with Crippen LogP contribution in [0.25, 0.3) is 28.1 Å². The SMILES string of the molecule is Cn1c(=O)n(C)c2cc(-n3cc(-c4noc(=O)[nH]4)c(=O)n([C@@H]4CCc5c4cccc5C(F)(F)F)c3=O)ccc21. The Morgan fingerprint density at radius 3 is 2.44 bits per heavy atom. The number of benzene rings is 2. The second-order valence-electron chi connectivity index (χ2n) is 9.31. The standard InChI is InChI=1S/C25H19F3N6O5/c1-31-18-8-6-12(10-19(18)32(2)23(31)37)33-11-15(20-29-22(36)39-30-20)21(35)34(24(33)38)17-9-7-13-14(17)4-3-5-16(13)25(26,27)28/h3-6,8,10-11,17H,7,9H2,1-2H3,(H,29,30,36)/t17-/m1/s1. The van der Waals surface area contributed by atoms with Crippen LogP contribution in [-0.4, -0.2) is 28.4 Å². The number of hydrogen-bond donors (Lipinski definition) is 1. The Hall–Kier alpha value is -4.88. The molecule has 0 amide bonds. The highest BCUT2D eigenvalue weighted by molar-refractivity contribution is 5.78. The third-order valence-corrected chi connectivity index (χ3v) is 7.20. The summed E-state index contributed by atoms with van der Waals surface area (Å²) < 4.78 is 50.4. The topological polar surface area (TPSA) is 130 Å². The molecular formula is C25H19F3N6O5. The number of halogens is 3. The fraction of sp³-hybridized carbons (Fsp3) is 0.240. The summed E-state index contributed by atoms with van der Waals surface area (Å²) in [6, 6.07) is 7.45. The van der Waals surface area contributed by atoms with Crippen molar-refractivity contribution < 1.29 is 17.7 Å². The van der Waals surface area contributed by atoms with Crippen LogP contribution in [0.15, 0.2) is 66.3 Å². The van der Waals surface area contributed by atoms with Crippen molar-refractivity contribution >= 4 is 11.0 Å². The number of aromatic nitrogens is 6. The van der Waals surface area contributed by atoms with Gasteiger partial charge >= 0.3 is 23.3 Å². The molecular weight excluding hydrogens is 521 g/mol. The van der Waals surface area contributed by atoms with E-state index >= 15 is 0 Å². The molecule has 6 rings (SSSR count). The van der Waals surface area contributed by atoms with Gasteiger partial charge in [-0.2, -0.15) is 13.2 Å². The second kappa shape index (κ2) is 8.31. The van der Waals surface area contributed by atoms with Crippen molar-refractivity contribution in [3.8, 4) is 17.1 Å². The lowest BCUT2D eigenvalue weighted by atomic mass is 10.0. The van der Waals surface area contributed by atoms with Crippen LogP contribution in [0.4, 0.5) is 13.2 Å². The fourth-order valence-corrected chi connectivity index (χ4v) is 5.35. The molecule has 1 N–H and O–H groups in total. The molecule has 14 heteroatoms. The number of alkyl halides is 3. The minimum atomic E-state index is -4.60. The molecule has 0 saturated carbocycles. The van der Waals surface area contributed by atoms with Gasteiger partial charge in [-0.15, -0.1) is 0 Å². The summed E-state index contributed by atoms with van der Waals surface area (Å²) >= 11 is 0. The number of aryl methyl sites for hydroxylation is 2. The van der Waals surface area contributed by atoms with Gasteiger partial charge in [0.15, 0.2) is 5.82 Å². The van der Waals surface area contributed by atoms with Crippen molar-refractivity contribution in [3.63, 3.8) is 0 Å². The smallest absolute Gasteiger partial charge is 0.296 e. The van der Waals surface area contributed by atoms with Crippen molar-refractivity contribution in [2.75, 3.05) is 0 Å². The molecule has 39 heavy (non-hydrogen) atoms. The highest BCUT2D eigenvalue weighted by Gasteiger charge is 2.38. The number of imidazole rings is 1. The molecule has 0 spiro atoms. The van der Waals surface area contributed by atoms with Crippen LogP contribution >= 0.6 is 0 Å². The summed E-state index contributed by atoms with van der Waals surface area (Å²) in [6.45, 7) is 0. The molecule has 3 aromatic heterocycles. The van der Waals surface area contributed by atoms with Gasteiger partial charge < -0.3 is 0 Å². The van der Waals surface area contributed by atoms with Gasteiger partial charge in [0.05, 0.1) is 28.3 Å². The Morgan fingerprint density at radius 1 is 1.00 bits per heavy atom. The predicted molar refractivity (Wildman–Crippen MR) is 132 cm³/mol. The van der Waals surface area contributed by atoms with E-state index in [0.29, 0.717) is 11.0 Å². The van der Waals surface area contributed by atoms with Crippen LogP contribution in [-0.2, 0) is 26.7 Å². The van der Waals surface area contributed by atoms with Gasteiger partial charge in [0.25, 0.3) is 5.56 Å². The first-order valence-electron chi connectivity index (χ1n) is 11.8. The third kappa shape index (κ3) is 3.62. The third-order valence-electron chi connectivity index (χ3n) is 7.20. The van der Waals surface area contributed by atoms with Crippen molar-refractivity contribution in [1.29, 1.82) is 0 Å². The van der Waals surface area contributed by atoms with Crippen LogP contribution in [0, 0.1) is 0 Å². The summed E-state index contributed by atoms with van der Waals surface area (Å²) in [5.41, 5.74) is -1.38. The molecule has 0 bridgehead atoms. The van der Waals surface area contributed by atoms with E-state index in [1.807, 2.05) is 0 Å². The van der Waals surface area contributed by atoms with E-state index in [-0.39, 0.29) is 46.7 Å². The maximum absolute atomic E-state index is 13.9. The first-order valence-corrected chi connectivity index (χ1v) is 11.8. The molecule has 2 aromatic carbocycles. The Kier molecular flexibility index (Phi) is 5.21. The zero-order chi connectivity index (χ0) is 27.8. The lowest BCUT2D eigenvalue weighted by Gasteiger charge is -2.19. The first kappa shape index (κ1) is 24.5. The largest absolute Gasteiger partial charge is 0.439 e. The van der Waals surface area contributed by atoms with E-state index in [4.69, 9.17) is 0 Å². The zero-order valence-electron chi connectivity index (χ0n) is 20.4. The summed E-state index contributed by atoms with van der Waals surface area (Å²) in [6.07, 6.45) is -3.35. The lowest BCUT2D eigenvalue weighted by molar-refractivity contribution is -0.138. The average molecular weight is 540 g/mol. The molecule has 200 valence electrons. The van der Waals surface area contributed by atoms with Gasteiger partial charge in [-0.1, -0.05) is 17.3 Å². The molecule has 1 aliphatic rings. The summed E-state index contributed by atoms with van der Waals surface area (Å²) in [7, 11) is 3.17. The van der Waals surface area contributed by atoms with E-state index in [1.165, 1.54) is 27.5 Å². The van der Waals surface area contributed by atoms with E-state index in [9.17, 15) is 32.3 Å². The van der Waals surface area contributed by atoms with Crippen molar-refractivity contribution in [2.24, 2.45) is 14.1 Å². The Morgan fingerprint density at radius 2 is 1.74 bits per heavy atom.